The molecule has 3 aromatic heterocycles. The first-order valence-corrected chi connectivity index (χ1v) is 12.8. The molecule has 0 saturated carbocycles. The van der Waals surface area contributed by atoms with Gasteiger partial charge in [0, 0.05) is 67.0 Å². The van der Waals surface area contributed by atoms with E-state index in [4.69, 9.17) is 32.7 Å². The van der Waals surface area contributed by atoms with Crippen LogP contribution in [0.4, 0.5) is 4.39 Å². The average Bonchev–Trinajstić information content (AvgIpc) is 3.30. The van der Waals surface area contributed by atoms with Crippen LogP contribution in [0.15, 0.2) is 48.9 Å². The first kappa shape index (κ1) is 25.6. The van der Waals surface area contributed by atoms with E-state index in [0.29, 0.717) is 45.2 Å². The summed E-state index contributed by atoms with van der Waals surface area (Å²) in [4.78, 5) is 8.40. The minimum absolute atomic E-state index is 0.383. The van der Waals surface area contributed by atoms with Crippen LogP contribution in [0.3, 0.4) is 0 Å². The molecule has 1 aromatic carbocycles. The first-order chi connectivity index (χ1) is 18.0. The van der Waals surface area contributed by atoms with Crippen LogP contribution < -0.4 is 10.1 Å². The zero-order valence-corrected chi connectivity index (χ0v) is 21.7. The highest BCUT2D eigenvalue weighted by Gasteiger charge is 2.17. The number of nitrogens with one attached hydrogen (secondary N) is 2. The number of ether oxygens (including phenoxy) is 2. The number of aromatic amines is 1. The summed E-state index contributed by atoms with van der Waals surface area (Å²) in [6.45, 7) is 4.05. The Morgan fingerprint density at radius 1 is 1.19 bits per heavy atom. The summed E-state index contributed by atoms with van der Waals surface area (Å²) in [6, 6.07) is 9.43. The molecule has 0 aliphatic carbocycles. The Kier molecular flexibility index (Phi) is 8.00. The van der Waals surface area contributed by atoms with Gasteiger partial charge in [-0.3, -0.25) is 15.1 Å². The fourth-order valence-electron chi connectivity index (χ4n) is 4.29. The Morgan fingerprint density at radius 2 is 1.97 bits per heavy atom. The van der Waals surface area contributed by atoms with Crippen molar-refractivity contribution in [3.05, 3.63) is 81.5 Å². The summed E-state index contributed by atoms with van der Waals surface area (Å²) in [6.07, 6.45) is 7.54. The Morgan fingerprint density at radius 3 is 2.70 bits per heavy atom. The van der Waals surface area contributed by atoms with Crippen LogP contribution in [0.25, 0.3) is 22.8 Å². The maximum Gasteiger partial charge on any atom is 0.134 e. The zero-order valence-electron chi connectivity index (χ0n) is 20.2. The smallest absolute Gasteiger partial charge is 0.134 e. The number of aromatic nitrogens is 4. The molecular weight excluding hydrogens is 516 g/mol. The number of pyridine rings is 2. The highest BCUT2D eigenvalue weighted by Crippen LogP contribution is 2.34. The molecule has 0 radical (unpaired) electrons. The molecule has 4 aromatic rings. The molecule has 1 fully saturated rings. The SMILES string of the molecule is C[C@H](Oc1ccc2[nH]nc(/C=C(\F)c3ccc(CNC4CCOCC4)nc3)c2c1)c1c(Cl)cncc1Cl. The van der Waals surface area contributed by atoms with Crippen molar-refractivity contribution in [2.45, 2.75) is 38.5 Å². The van der Waals surface area contributed by atoms with Gasteiger partial charge in [0.25, 0.3) is 0 Å². The molecule has 192 valence electrons. The predicted octanol–water partition coefficient (Wildman–Crippen LogP) is 6.54. The molecule has 10 heteroatoms. The first-order valence-electron chi connectivity index (χ1n) is 12.0. The fraction of sp³-hybridized carbons (Fsp3) is 0.296. The molecule has 0 unspecified atom stereocenters. The molecule has 4 heterocycles. The van der Waals surface area contributed by atoms with Gasteiger partial charge in [0.2, 0.25) is 0 Å². The molecule has 0 bridgehead atoms. The number of hydrogen-bond acceptors (Lipinski definition) is 6. The van der Waals surface area contributed by atoms with Crippen molar-refractivity contribution in [2.24, 2.45) is 0 Å². The zero-order chi connectivity index (χ0) is 25.8. The van der Waals surface area contributed by atoms with Crippen molar-refractivity contribution in [2.75, 3.05) is 13.2 Å². The summed E-state index contributed by atoms with van der Waals surface area (Å²) in [5.41, 5.74) is 3.10. The molecule has 1 atom stereocenters. The van der Waals surface area contributed by atoms with Crippen LogP contribution in [-0.4, -0.2) is 39.4 Å². The van der Waals surface area contributed by atoms with E-state index in [0.717, 1.165) is 42.7 Å². The third-order valence-corrected chi connectivity index (χ3v) is 6.93. The second kappa shape index (κ2) is 11.6. The van der Waals surface area contributed by atoms with Gasteiger partial charge in [0.15, 0.2) is 0 Å². The van der Waals surface area contributed by atoms with Crippen LogP contribution in [0.2, 0.25) is 10.0 Å². The molecule has 1 aliphatic rings. The van der Waals surface area contributed by atoms with Crippen molar-refractivity contribution in [1.29, 1.82) is 0 Å². The van der Waals surface area contributed by atoms with Gasteiger partial charge in [-0.05, 0) is 50.1 Å². The van der Waals surface area contributed by atoms with Crippen molar-refractivity contribution < 1.29 is 13.9 Å². The van der Waals surface area contributed by atoms with Crippen LogP contribution in [-0.2, 0) is 11.3 Å². The molecule has 7 nitrogen and oxygen atoms in total. The summed E-state index contributed by atoms with van der Waals surface area (Å²) < 4.78 is 26.6. The van der Waals surface area contributed by atoms with Crippen molar-refractivity contribution in [3.8, 4) is 5.75 Å². The maximum absolute atomic E-state index is 15.1. The van der Waals surface area contributed by atoms with E-state index in [1.54, 1.807) is 24.4 Å². The number of H-pyrrole nitrogens is 1. The second-order valence-electron chi connectivity index (χ2n) is 8.89. The van der Waals surface area contributed by atoms with Crippen molar-refractivity contribution >= 4 is 46.0 Å². The van der Waals surface area contributed by atoms with Gasteiger partial charge < -0.3 is 14.8 Å². The van der Waals surface area contributed by atoms with Crippen LogP contribution >= 0.6 is 23.2 Å². The molecule has 1 saturated heterocycles. The summed E-state index contributed by atoms with van der Waals surface area (Å²) >= 11 is 12.5. The second-order valence-corrected chi connectivity index (χ2v) is 9.71. The third kappa shape index (κ3) is 6.10. The van der Waals surface area contributed by atoms with E-state index in [1.807, 2.05) is 19.1 Å². The van der Waals surface area contributed by atoms with Gasteiger partial charge in [-0.25, -0.2) is 4.39 Å². The maximum atomic E-state index is 15.1. The standard InChI is InChI=1S/C27H26Cl2FN5O2/c1-16(27-22(28)14-31-15-23(27)29)37-20-4-5-25-21(10-20)26(35-34-25)11-24(30)17-2-3-19(32-12-17)13-33-18-6-8-36-9-7-18/h2-5,10-12,14-16,18,33H,6-9,13H2,1H3,(H,34,35)/b24-11-/t16-/m0/s1. The van der Waals surface area contributed by atoms with Crippen molar-refractivity contribution in [1.82, 2.24) is 25.5 Å². The fourth-order valence-corrected chi connectivity index (χ4v) is 4.97. The number of halogens is 3. The minimum Gasteiger partial charge on any atom is -0.486 e. The third-order valence-electron chi connectivity index (χ3n) is 6.33. The number of fused-ring (bicyclic) bond motifs is 1. The van der Waals surface area contributed by atoms with Crippen molar-refractivity contribution in [3.63, 3.8) is 0 Å². The molecular formula is C27H26Cl2FN5O2. The average molecular weight is 542 g/mol. The van der Waals surface area contributed by atoms with E-state index in [-0.39, 0.29) is 0 Å². The summed E-state index contributed by atoms with van der Waals surface area (Å²) in [5, 5.41) is 12.3. The Hall–Kier alpha value is -3.04. The van der Waals surface area contributed by atoms with Gasteiger partial charge >= 0.3 is 0 Å². The monoisotopic (exact) mass is 541 g/mol. The summed E-state index contributed by atoms with van der Waals surface area (Å²) in [7, 11) is 0. The van der Waals surface area contributed by atoms with Gasteiger partial charge in [0.1, 0.15) is 17.7 Å². The minimum atomic E-state index is -0.431. The molecule has 37 heavy (non-hydrogen) atoms. The highest BCUT2D eigenvalue weighted by atomic mass is 35.5. The lowest BCUT2D eigenvalue weighted by atomic mass is 10.1. The quantitative estimate of drug-likeness (QED) is 0.263. The van der Waals surface area contributed by atoms with Crippen LogP contribution in [0.1, 0.15) is 48.4 Å². The Labute approximate surface area is 224 Å². The summed E-state index contributed by atoms with van der Waals surface area (Å²) in [5.74, 6) is 0.142. The molecule has 0 spiro atoms. The number of benzene rings is 1. The molecule has 0 amide bonds. The van der Waals surface area contributed by atoms with E-state index < -0.39 is 11.9 Å². The normalized spacial score (nSPS) is 15.7. The molecule has 1 aliphatic heterocycles. The number of rotatable bonds is 8. The lowest BCUT2D eigenvalue weighted by Crippen LogP contribution is -2.34. The lowest BCUT2D eigenvalue weighted by Gasteiger charge is -2.23. The van der Waals surface area contributed by atoms with E-state index in [9.17, 15) is 0 Å². The highest BCUT2D eigenvalue weighted by molar-refractivity contribution is 6.35. The van der Waals surface area contributed by atoms with Crippen LogP contribution in [0.5, 0.6) is 5.75 Å². The van der Waals surface area contributed by atoms with E-state index >= 15 is 4.39 Å². The largest absolute Gasteiger partial charge is 0.486 e. The van der Waals surface area contributed by atoms with E-state index in [1.165, 1.54) is 18.5 Å². The number of nitrogens with zero attached hydrogens (tertiary/aromatic N) is 3. The van der Waals surface area contributed by atoms with Gasteiger partial charge in [-0.2, -0.15) is 5.10 Å². The Balaban J connectivity index is 1.30. The Bertz CT molecular complexity index is 1380. The molecule has 5 rings (SSSR count). The van der Waals surface area contributed by atoms with Gasteiger partial charge in [-0.1, -0.05) is 23.2 Å². The van der Waals surface area contributed by atoms with Gasteiger partial charge in [0.05, 0.1) is 26.9 Å². The van der Waals surface area contributed by atoms with E-state index in [2.05, 4.69) is 25.5 Å². The molecule has 2 N–H and O–H groups in total. The van der Waals surface area contributed by atoms with Gasteiger partial charge in [-0.15, -0.1) is 0 Å². The number of hydrogen-bond donors (Lipinski definition) is 2. The lowest BCUT2D eigenvalue weighted by molar-refractivity contribution is 0.0775. The predicted molar refractivity (Wildman–Crippen MR) is 143 cm³/mol. The topological polar surface area (TPSA) is 85.0 Å². The van der Waals surface area contributed by atoms with Crippen LogP contribution in [0, 0.1) is 0 Å².